The summed E-state index contributed by atoms with van der Waals surface area (Å²) in [5.74, 6) is 0.423. The van der Waals surface area contributed by atoms with Gasteiger partial charge in [-0.3, -0.25) is 4.79 Å². The third-order valence-corrected chi connectivity index (χ3v) is 4.77. The van der Waals surface area contributed by atoms with Crippen LogP contribution in [0.15, 0.2) is 40.4 Å². The van der Waals surface area contributed by atoms with Gasteiger partial charge >= 0.3 is 0 Å². The number of nitrogens with zero attached hydrogens (tertiary/aromatic N) is 1. The Morgan fingerprint density at radius 2 is 1.81 bits per heavy atom. The summed E-state index contributed by atoms with van der Waals surface area (Å²) in [7, 11) is 3.02. The molecule has 5 nitrogen and oxygen atoms in total. The fourth-order valence-electron chi connectivity index (χ4n) is 2.06. The molecule has 26 heavy (non-hydrogen) atoms. The molecule has 0 bridgehead atoms. The van der Waals surface area contributed by atoms with Gasteiger partial charge in [0.15, 0.2) is 11.5 Å². The van der Waals surface area contributed by atoms with Gasteiger partial charge in [-0.25, -0.2) is 0 Å². The van der Waals surface area contributed by atoms with Crippen molar-refractivity contribution in [2.75, 3.05) is 19.5 Å². The first-order valence-electron chi connectivity index (χ1n) is 7.19. The van der Waals surface area contributed by atoms with Crippen LogP contribution < -0.4 is 14.8 Å². The highest BCUT2D eigenvalue weighted by molar-refractivity contribution is 9.10. The Labute approximate surface area is 169 Å². The minimum Gasteiger partial charge on any atom is -0.493 e. The van der Waals surface area contributed by atoms with Gasteiger partial charge in [0.25, 0.3) is 5.91 Å². The topological polar surface area (TPSA) is 71.3 Å². The number of amides is 1. The van der Waals surface area contributed by atoms with Gasteiger partial charge in [-0.1, -0.05) is 39.1 Å². The van der Waals surface area contributed by atoms with E-state index < -0.39 is 5.91 Å². The van der Waals surface area contributed by atoms with Crippen LogP contribution in [0.25, 0.3) is 6.08 Å². The number of carbonyl (C=O) groups excluding carboxylic acids is 1. The minimum atomic E-state index is -0.576. The second kappa shape index (κ2) is 8.95. The van der Waals surface area contributed by atoms with E-state index in [1.54, 1.807) is 24.3 Å². The summed E-state index contributed by atoms with van der Waals surface area (Å²) in [5, 5.41) is 12.6. The van der Waals surface area contributed by atoms with E-state index in [0.29, 0.717) is 37.3 Å². The summed E-state index contributed by atoms with van der Waals surface area (Å²) in [6.07, 6.45) is 1.44. The molecule has 0 aliphatic heterocycles. The van der Waals surface area contributed by atoms with Crippen LogP contribution in [0.1, 0.15) is 5.56 Å². The van der Waals surface area contributed by atoms with Crippen LogP contribution in [0.3, 0.4) is 0 Å². The molecule has 2 rings (SSSR count). The summed E-state index contributed by atoms with van der Waals surface area (Å²) >= 11 is 15.2. The largest absolute Gasteiger partial charge is 0.493 e. The molecular formula is C18H13BrCl2N2O3. The molecule has 0 atom stereocenters. The molecule has 2 aromatic carbocycles. The molecule has 0 spiro atoms. The third kappa shape index (κ3) is 4.70. The molecular weight excluding hydrogens is 443 g/mol. The minimum absolute atomic E-state index is 0.0935. The van der Waals surface area contributed by atoms with E-state index in [1.165, 1.54) is 26.4 Å². The van der Waals surface area contributed by atoms with Crippen LogP contribution in [-0.4, -0.2) is 20.1 Å². The van der Waals surface area contributed by atoms with Crippen molar-refractivity contribution in [2.45, 2.75) is 0 Å². The lowest BCUT2D eigenvalue weighted by atomic mass is 10.1. The van der Waals surface area contributed by atoms with Crippen molar-refractivity contribution in [3.8, 4) is 17.6 Å². The number of halogens is 3. The highest BCUT2D eigenvalue weighted by Gasteiger charge is 2.14. The van der Waals surface area contributed by atoms with Crippen molar-refractivity contribution < 1.29 is 14.3 Å². The summed E-state index contributed by atoms with van der Waals surface area (Å²) in [6.45, 7) is 0. The van der Waals surface area contributed by atoms with E-state index in [4.69, 9.17) is 32.7 Å². The second-order valence-corrected chi connectivity index (χ2v) is 6.65. The van der Waals surface area contributed by atoms with E-state index in [1.807, 2.05) is 6.07 Å². The zero-order valence-corrected chi connectivity index (χ0v) is 16.9. The number of carbonyl (C=O) groups is 1. The van der Waals surface area contributed by atoms with Crippen molar-refractivity contribution in [1.82, 2.24) is 0 Å². The molecule has 0 heterocycles. The standard InChI is InChI=1S/C18H13BrCl2N2O3/c1-25-16-6-10(13(19)8-17(16)26-2)5-11(9-22)18(24)23-12-3-4-14(20)15(21)7-12/h3-8H,1-2H3,(H,23,24)/b11-5+. The number of ether oxygens (including phenoxy) is 2. The van der Waals surface area contributed by atoms with E-state index in [-0.39, 0.29) is 5.57 Å². The van der Waals surface area contributed by atoms with Gasteiger partial charge in [-0.2, -0.15) is 5.26 Å². The summed E-state index contributed by atoms with van der Waals surface area (Å²) in [4.78, 5) is 12.4. The Morgan fingerprint density at radius 1 is 1.15 bits per heavy atom. The number of nitrogens with one attached hydrogen (secondary N) is 1. The van der Waals surface area contributed by atoms with Crippen molar-refractivity contribution in [1.29, 1.82) is 5.26 Å². The monoisotopic (exact) mass is 454 g/mol. The van der Waals surface area contributed by atoms with Crippen LogP contribution in [0.5, 0.6) is 11.5 Å². The van der Waals surface area contributed by atoms with Gasteiger partial charge in [-0.15, -0.1) is 0 Å². The van der Waals surface area contributed by atoms with Crippen LogP contribution in [0.4, 0.5) is 5.69 Å². The number of methoxy groups -OCH3 is 2. The predicted molar refractivity (Wildman–Crippen MR) is 106 cm³/mol. The summed E-state index contributed by atoms with van der Waals surface area (Å²) in [6, 6.07) is 9.89. The average Bonchev–Trinajstić information content (AvgIpc) is 2.63. The zero-order chi connectivity index (χ0) is 19.3. The number of hydrogen-bond donors (Lipinski definition) is 1. The molecule has 0 unspecified atom stereocenters. The molecule has 0 radical (unpaired) electrons. The smallest absolute Gasteiger partial charge is 0.266 e. The Hall–Kier alpha value is -2.20. The molecule has 8 heteroatoms. The Kier molecular flexibility index (Phi) is 6.92. The number of hydrogen-bond acceptors (Lipinski definition) is 4. The van der Waals surface area contributed by atoms with Gasteiger partial charge < -0.3 is 14.8 Å². The number of anilines is 1. The first kappa shape index (κ1) is 20.1. The third-order valence-electron chi connectivity index (χ3n) is 3.35. The zero-order valence-electron chi connectivity index (χ0n) is 13.8. The predicted octanol–water partition coefficient (Wildman–Crippen LogP) is 5.32. The number of nitriles is 1. The van der Waals surface area contributed by atoms with Gasteiger partial charge in [0.05, 0.1) is 24.3 Å². The molecule has 0 aliphatic rings. The molecule has 0 fully saturated rings. The first-order chi connectivity index (χ1) is 12.4. The average molecular weight is 456 g/mol. The first-order valence-corrected chi connectivity index (χ1v) is 8.74. The molecule has 0 saturated carbocycles. The molecule has 1 N–H and O–H groups in total. The molecule has 0 saturated heterocycles. The number of rotatable bonds is 5. The van der Waals surface area contributed by atoms with E-state index >= 15 is 0 Å². The molecule has 2 aromatic rings. The molecule has 0 aliphatic carbocycles. The maximum Gasteiger partial charge on any atom is 0.266 e. The summed E-state index contributed by atoms with van der Waals surface area (Å²) in [5.41, 5.74) is 0.921. The van der Waals surface area contributed by atoms with Crippen molar-refractivity contribution in [3.05, 3.63) is 56.0 Å². The SMILES string of the molecule is COc1cc(Br)c(/C=C(\C#N)C(=O)Nc2ccc(Cl)c(Cl)c2)cc1OC. The molecule has 1 amide bonds. The van der Waals surface area contributed by atoms with Crippen molar-refractivity contribution in [2.24, 2.45) is 0 Å². The van der Waals surface area contributed by atoms with Gasteiger partial charge in [0.1, 0.15) is 11.6 Å². The number of benzene rings is 2. The Balaban J connectivity index is 2.33. The maximum absolute atomic E-state index is 12.4. The lowest BCUT2D eigenvalue weighted by molar-refractivity contribution is -0.112. The van der Waals surface area contributed by atoms with Gasteiger partial charge in [0, 0.05) is 10.2 Å². The van der Waals surface area contributed by atoms with Crippen molar-refractivity contribution >= 4 is 56.8 Å². The van der Waals surface area contributed by atoms with Crippen LogP contribution >= 0.6 is 39.1 Å². The highest BCUT2D eigenvalue weighted by atomic mass is 79.9. The fraction of sp³-hybridized carbons (Fsp3) is 0.111. The normalized spacial score (nSPS) is 10.8. The van der Waals surface area contributed by atoms with Crippen LogP contribution in [0, 0.1) is 11.3 Å². The maximum atomic E-state index is 12.4. The molecule has 0 aromatic heterocycles. The van der Waals surface area contributed by atoms with Gasteiger partial charge in [-0.05, 0) is 42.0 Å². The second-order valence-electron chi connectivity index (χ2n) is 4.98. The Bertz CT molecular complexity index is 923. The van der Waals surface area contributed by atoms with Gasteiger partial charge in [0.2, 0.25) is 0 Å². The summed E-state index contributed by atoms with van der Waals surface area (Å²) < 4.78 is 11.1. The Morgan fingerprint density at radius 3 is 2.38 bits per heavy atom. The van der Waals surface area contributed by atoms with E-state index in [0.717, 1.165) is 0 Å². The lowest BCUT2D eigenvalue weighted by Crippen LogP contribution is -2.13. The van der Waals surface area contributed by atoms with Crippen molar-refractivity contribution in [3.63, 3.8) is 0 Å². The van der Waals surface area contributed by atoms with E-state index in [2.05, 4.69) is 21.2 Å². The quantitative estimate of drug-likeness (QED) is 0.489. The van der Waals surface area contributed by atoms with Crippen LogP contribution in [-0.2, 0) is 4.79 Å². The highest BCUT2D eigenvalue weighted by Crippen LogP contribution is 2.34. The van der Waals surface area contributed by atoms with Crippen LogP contribution in [0.2, 0.25) is 10.0 Å². The lowest BCUT2D eigenvalue weighted by Gasteiger charge is -2.10. The molecule has 134 valence electrons. The fourth-order valence-corrected chi connectivity index (χ4v) is 2.79. The van der Waals surface area contributed by atoms with E-state index in [9.17, 15) is 10.1 Å².